The molecule has 1 amide bonds. The normalized spacial score (nSPS) is 23.6. The molecule has 100 valence electrons. The minimum atomic E-state index is -0.410. The van der Waals surface area contributed by atoms with Gasteiger partial charge >= 0.3 is 0 Å². The lowest BCUT2D eigenvalue weighted by Crippen LogP contribution is -2.30. The van der Waals surface area contributed by atoms with Gasteiger partial charge < -0.3 is 10.1 Å². The smallest absolute Gasteiger partial charge is 0.223 e. The zero-order valence-electron chi connectivity index (χ0n) is 10.6. The van der Waals surface area contributed by atoms with E-state index in [0.29, 0.717) is 22.9 Å². The van der Waals surface area contributed by atoms with E-state index in [1.807, 2.05) is 0 Å². The molecule has 0 bridgehead atoms. The number of carbonyl (C=O) groups excluding carboxylic acids is 3. The number of hydrogen-bond acceptors (Lipinski definition) is 5. The number of thiazole rings is 1. The maximum Gasteiger partial charge on any atom is 0.223 e. The van der Waals surface area contributed by atoms with Crippen molar-refractivity contribution in [2.24, 2.45) is 11.3 Å². The molecule has 0 aromatic carbocycles. The van der Waals surface area contributed by atoms with Gasteiger partial charge in [-0.15, -0.1) is 0 Å². The van der Waals surface area contributed by atoms with E-state index in [0.717, 1.165) is 24.8 Å². The summed E-state index contributed by atoms with van der Waals surface area (Å²) in [5, 5.41) is 3.09. The maximum absolute atomic E-state index is 12.5. The zero-order chi connectivity index (χ0) is 13.6. The third-order valence-corrected chi connectivity index (χ3v) is 4.97. The van der Waals surface area contributed by atoms with Crippen molar-refractivity contribution in [3.05, 3.63) is 10.6 Å². The summed E-state index contributed by atoms with van der Waals surface area (Å²) in [6, 6.07) is 0. The fourth-order valence-corrected chi connectivity index (χ4v) is 3.78. The molecule has 1 fully saturated rings. The number of Topliss-reactive ketones (excluding diaryl/α,β-unsaturated/α-hetero) is 1. The molecule has 3 rings (SSSR count). The Labute approximate surface area is 114 Å². The van der Waals surface area contributed by atoms with Gasteiger partial charge in [0.15, 0.2) is 10.9 Å². The second-order valence-electron chi connectivity index (χ2n) is 5.28. The average molecular weight is 278 g/mol. The van der Waals surface area contributed by atoms with Gasteiger partial charge in [0.1, 0.15) is 6.29 Å². The highest BCUT2D eigenvalue weighted by atomic mass is 32.1. The number of carbonyl (C=O) groups is 3. The van der Waals surface area contributed by atoms with Crippen LogP contribution in [0, 0.1) is 11.3 Å². The number of ketones is 1. The fraction of sp³-hybridized carbons (Fsp3) is 0.538. The minimum Gasteiger partial charge on any atom is -0.303 e. The van der Waals surface area contributed by atoms with Crippen LogP contribution < -0.4 is 5.32 Å². The maximum atomic E-state index is 12.5. The predicted octanol–water partition coefficient (Wildman–Crippen LogP) is 1.83. The van der Waals surface area contributed by atoms with Gasteiger partial charge in [0.2, 0.25) is 5.91 Å². The quantitative estimate of drug-likeness (QED) is 0.856. The van der Waals surface area contributed by atoms with Gasteiger partial charge in [0, 0.05) is 18.3 Å². The molecule has 0 aliphatic heterocycles. The molecule has 1 unspecified atom stereocenters. The summed E-state index contributed by atoms with van der Waals surface area (Å²) in [5.74, 6) is -0.357. The lowest BCUT2D eigenvalue weighted by Gasteiger charge is -2.24. The summed E-state index contributed by atoms with van der Waals surface area (Å²) < 4.78 is 0. The number of aryl methyl sites for hydroxylation is 1. The summed E-state index contributed by atoms with van der Waals surface area (Å²) in [6.07, 6.45) is 3.99. The number of aromatic nitrogens is 1. The van der Waals surface area contributed by atoms with Crippen LogP contribution in [-0.4, -0.2) is 23.0 Å². The summed E-state index contributed by atoms with van der Waals surface area (Å²) in [4.78, 5) is 39.5. The molecular weight excluding hydrogens is 264 g/mol. The van der Waals surface area contributed by atoms with Crippen LogP contribution in [0.3, 0.4) is 0 Å². The van der Waals surface area contributed by atoms with Crippen LogP contribution in [0.2, 0.25) is 0 Å². The van der Waals surface area contributed by atoms with Crippen molar-refractivity contribution in [2.75, 3.05) is 5.32 Å². The number of fused-ring (bicyclic) bond motifs is 1. The Balaban J connectivity index is 1.89. The minimum absolute atomic E-state index is 0.0277. The topological polar surface area (TPSA) is 76.1 Å². The summed E-state index contributed by atoms with van der Waals surface area (Å²) in [5.41, 5.74) is 0.351. The molecule has 1 aromatic heterocycles. The standard InChI is InChI=1S/C13H14N2O3S/c1-7(17)14-12-15-9-3-2-8(10(18)11(9)19-12)13(6-16)4-5-13/h6,8H,2-5H2,1H3,(H,14,15,17). The highest BCUT2D eigenvalue weighted by Gasteiger charge is 2.53. The molecule has 1 N–H and O–H groups in total. The fourth-order valence-electron chi connectivity index (χ4n) is 2.73. The first kappa shape index (κ1) is 12.5. The Morgan fingerprint density at radius 2 is 2.26 bits per heavy atom. The van der Waals surface area contributed by atoms with Crippen LogP contribution in [0.15, 0.2) is 0 Å². The molecule has 0 radical (unpaired) electrons. The van der Waals surface area contributed by atoms with Gasteiger partial charge in [-0.3, -0.25) is 9.59 Å². The van der Waals surface area contributed by atoms with Gasteiger partial charge in [-0.1, -0.05) is 11.3 Å². The number of aldehydes is 1. The van der Waals surface area contributed by atoms with Crippen LogP contribution in [-0.2, 0) is 16.0 Å². The molecule has 1 atom stereocenters. The molecule has 1 saturated carbocycles. The van der Waals surface area contributed by atoms with E-state index in [1.165, 1.54) is 18.3 Å². The van der Waals surface area contributed by atoms with Crippen LogP contribution in [0.4, 0.5) is 5.13 Å². The first-order valence-corrected chi connectivity index (χ1v) is 7.15. The molecule has 1 heterocycles. The number of rotatable bonds is 3. The molecular formula is C13H14N2O3S. The highest BCUT2D eigenvalue weighted by Crippen LogP contribution is 2.54. The van der Waals surface area contributed by atoms with E-state index in [9.17, 15) is 14.4 Å². The lowest BCUT2D eigenvalue weighted by molar-refractivity contribution is -0.114. The first-order valence-electron chi connectivity index (χ1n) is 6.33. The summed E-state index contributed by atoms with van der Waals surface area (Å²) in [6.45, 7) is 1.41. The lowest BCUT2D eigenvalue weighted by atomic mass is 9.78. The van der Waals surface area contributed by atoms with Crippen molar-refractivity contribution in [3.8, 4) is 0 Å². The molecule has 19 heavy (non-hydrogen) atoms. The summed E-state index contributed by atoms with van der Waals surface area (Å²) in [7, 11) is 0. The Morgan fingerprint density at radius 1 is 1.53 bits per heavy atom. The largest absolute Gasteiger partial charge is 0.303 e. The van der Waals surface area contributed by atoms with Crippen molar-refractivity contribution in [2.45, 2.75) is 32.6 Å². The van der Waals surface area contributed by atoms with Crippen molar-refractivity contribution in [3.63, 3.8) is 0 Å². The molecule has 2 aliphatic rings. The second kappa shape index (κ2) is 4.23. The SMILES string of the molecule is CC(=O)Nc1nc2c(s1)C(=O)C(C1(C=O)CC1)CC2. The summed E-state index contributed by atoms with van der Waals surface area (Å²) >= 11 is 1.22. The monoisotopic (exact) mass is 278 g/mol. The Morgan fingerprint density at radius 3 is 2.84 bits per heavy atom. The van der Waals surface area contributed by atoms with Crippen molar-refractivity contribution < 1.29 is 14.4 Å². The van der Waals surface area contributed by atoms with Crippen LogP contribution in [0.5, 0.6) is 0 Å². The second-order valence-corrected chi connectivity index (χ2v) is 6.28. The van der Waals surface area contributed by atoms with E-state index in [4.69, 9.17) is 0 Å². The Kier molecular flexibility index (Phi) is 2.78. The zero-order valence-corrected chi connectivity index (χ0v) is 11.4. The molecule has 5 nitrogen and oxygen atoms in total. The van der Waals surface area contributed by atoms with E-state index >= 15 is 0 Å². The molecule has 1 aromatic rings. The Bertz CT molecular complexity index is 574. The van der Waals surface area contributed by atoms with Gasteiger partial charge in [-0.25, -0.2) is 4.98 Å². The van der Waals surface area contributed by atoms with Gasteiger partial charge in [-0.05, 0) is 25.7 Å². The highest BCUT2D eigenvalue weighted by molar-refractivity contribution is 7.17. The number of anilines is 1. The third-order valence-electron chi connectivity index (χ3n) is 3.95. The average Bonchev–Trinajstić information content (AvgIpc) is 3.04. The van der Waals surface area contributed by atoms with E-state index in [2.05, 4.69) is 10.3 Å². The molecule has 0 saturated heterocycles. The number of nitrogens with one attached hydrogen (secondary N) is 1. The van der Waals surface area contributed by atoms with Crippen molar-refractivity contribution >= 4 is 34.4 Å². The number of amides is 1. The van der Waals surface area contributed by atoms with E-state index < -0.39 is 5.41 Å². The van der Waals surface area contributed by atoms with Gasteiger partial charge in [0.05, 0.1) is 10.6 Å². The van der Waals surface area contributed by atoms with Crippen molar-refractivity contribution in [1.82, 2.24) is 4.98 Å². The van der Waals surface area contributed by atoms with E-state index in [1.54, 1.807) is 0 Å². The first-order chi connectivity index (χ1) is 9.05. The molecule has 2 aliphatic carbocycles. The molecule has 0 spiro atoms. The Hall–Kier alpha value is -1.56. The van der Waals surface area contributed by atoms with Crippen LogP contribution in [0.1, 0.15) is 41.6 Å². The predicted molar refractivity (Wildman–Crippen MR) is 70.3 cm³/mol. The van der Waals surface area contributed by atoms with E-state index in [-0.39, 0.29) is 17.6 Å². The number of hydrogen-bond donors (Lipinski definition) is 1. The third kappa shape index (κ3) is 2.00. The number of nitrogens with zero attached hydrogens (tertiary/aromatic N) is 1. The van der Waals surface area contributed by atoms with Crippen molar-refractivity contribution in [1.29, 1.82) is 0 Å². The molecule has 6 heteroatoms. The van der Waals surface area contributed by atoms with Gasteiger partial charge in [0.25, 0.3) is 0 Å². The van der Waals surface area contributed by atoms with Gasteiger partial charge in [-0.2, -0.15) is 0 Å². The van der Waals surface area contributed by atoms with Crippen LogP contribution >= 0.6 is 11.3 Å². The van der Waals surface area contributed by atoms with Crippen LogP contribution in [0.25, 0.3) is 0 Å².